The van der Waals surface area contributed by atoms with E-state index in [1.807, 2.05) is 0 Å². The van der Waals surface area contributed by atoms with Gasteiger partial charge in [-0.3, -0.25) is 4.79 Å². The summed E-state index contributed by atoms with van der Waals surface area (Å²) < 4.78 is 51.4. The first-order valence-electron chi connectivity index (χ1n) is 5.15. The highest BCUT2D eigenvalue weighted by molar-refractivity contribution is 5.66. The van der Waals surface area contributed by atoms with Crippen LogP contribution in [0.4, 0.5) is 17.6 Å². The molecule has 6 heteroatoms. The van der Waals surface area contributed by atoms with Gasteiger partial charge in [0.05, 0.1) is 0 Å². The Hall–Kier alpha value is -1.33. The third-order valence-corrected chi connectivity index (χ3v) is 2.39. The first-order valence-corrected chi connectivity index (χ1v) is 5.15. The van der Waals surface area contributed by atoms with Crippen molar-refractivity contribution >= 4 is 5.97 Å². The van der Waals surface area contributed by atoms with Crippen molar-refractivity contribution < 1.29 is 27.5 Å². The lowest BCUT2D eigenvalue weighted by Crippen LogP contribution is -2.31. The Morgan fingerprint density at radius 1 is 1.41 bits per heavy atom. The van der Waals surface area contributed by atoms with E-state index in [1.165, 1.54) is 0 Å². The Morgan fingerprint density at radius 2 is 2.06 bits per heavy atom. The van der Waals surface area contributed by atoms with Gasteiger partial charge in [-0.1, -0.05) is 0 Å². The zero-order chi connectivity index (χ0) is 13.1. The molecule has 0 heterocycles. The maximum absolute atomic E-state index is 12.9. The molecule has 0 amide bonds. The predicted octanol–water partition coefficient (Wildman–Crippen LogP) is 3.40. The molecule has 1 atom stereocenters. The smallest absolute Gasteiger partial charge is 0.304 e. The van der Waals surface area contributed by atoms with E-state index in [0.717, 1.165) is 6.08 Å². The molecule has 0 saturated carbocycles. The van der Waals surface area contributed by atoms with E-state index in [4.69, 9.17) is 5.11 Å². The summed E-state index contributed by atoms with van der Waals surface area (Å²) in [4.78, 5) is 10.2. The number of unbranched alkanes of at least 4 members (excludes halogenated alkanes) is 1. The fourth-order valence-corrected chi connectivity index (χ4v) is 1.55. The van der Waals surface area contributed by atoms with Gasteiger partial charge in [0.2, 0.25) is 6.17 Å². The molecule has 1 aliphatic carbocycles. The van der Waals surface area contributed by atoms with Gasteiger partial charge in [0.25, 0.3) is 0 Å². The maximum Gasteiger partial charge on any atom is 0.304 e. The largest absolute Gasteiger partial charge is 0.481 e. The number of allylic oxidation sites excluding steroid dienone is 4. The molecule has 1 aliphatic rings. The van der Waals surface area contributed by atoms with Gasteiger partial charge < -0.3 is 5.11 Å². The lowest BCUT2D eigenvalue weighted by molar-refractivity contribution is -0.137. The minimum absolute atomic E-state index is 0.00629. The summed E-state index contributed by atoms with van der Waals surface area (Å²) >= 11 is 0. The van der Waals surface area contributed by atoms with Gasteiger partial charge in [0, 0.05) is 6.42 Å². The van der Waals surface area contributed by atoms with Crippen LogP contribution in [0.3, 0.4) is 0 Å². The van der Waals surface area contributed by atoms with E-state index in [9.17, 15) is 22.4 Å². The van der Waals surface area contributed by atoms with Crippen molar-refractivity contribution in [1.29, 1.82) is 0 Å². The van der Waals surface area contributed by atoms with Crippen LogP contribution in [0.5, 0.6) is 0 Å². The summed E-state index contributed by atoms with van der Waals surface area (Å²) in [5.74, 6) is -6.27. The number of hydrogen-bond acceptors (Lipinski definition) is 1. The highest BCUT2D eigenvalue weighted by atomic mass is 19.3. The average Bonchev–Trinajstić information content (AvgIpc) is 2.20. The summed E-state index contributed by atoms with van der Waals surface area (Å²) in [6, 6.07) is 0. The Kier molecular flexibility index (Phi) is 4.31. The molecule has 0 radical (unpaired) electrons. The molecule has 1 N–H and O–H groups in total. The van der Waals surface area contributed by atoms with Gasteiger partial charge >= 0.3 is 11.9 Å². The number of carbonyl (C=O) groups is 1. The molecule has 96 valence electrons. The lowest BCUT2D eigenvalue weighted by atomic mass is 9.97. The van der Waals surface area contributed by atoms with Crippen molar-refractivity contribution in [3.63, 3.8) is 0 Å². The molecule has 0 aromatic rings. The van der Waals surface area contributed by atoms with E-state index >= 15 is 0 Å². The monoisotopic (exact) mass is 252 g/mol. The molecule has 0 saturated heterocycles. The van der Waals surface area contributed by atoms with E-state index in [0.29, 0.717) is 18.9 Å². The van der Waals surface area contributed by atoms with Crippen LogP contribution in [0.25, 0.3) is 0 Å². The molecule has 1 unspecified atom stereocenters. The molecule has 1 rings (SSSR count). The Balaban J connectivity index is 2.52. The summed E-state index contributed by atoms with van der Waals surface area (Å²) in [5, 5.41) is 8.35. The fourth-order valence-electron chi connectivity index (χ4n) is 1.55. The van der Waals surface area contributed by atoms with E-state index < -0.39 is 23.9 Å². The van der Waals surface area contributed by atoms with E-state index in [-0.39, 0.29) is 18.4 Å². The molecule has 0 aromatic carbocycles. The van der Waals surface area contributed by atoms with Gasteiger partial charge in [0.1, 0.15) is 5.83 Å². The SMILES string of the molecule is O=C(O)CCCCC1=CC(F)(F)C(F)C(F)=C1. The van der Waals surface area contributed by atoms with Crippen molar-refractivity contribution in [2.24, 2.45) is 0 Å². The summed E-state index contributed by atoms with van der Waals surface area (Å²) in [6.07, 6.45) is -1.05. The highest BCUT2D eigenvalue weighted by Gasteiger charge is 2.43. The van der Waals surface area contributed by atoms with Gasteiger partial charge in [0.15, 0.2) is 0 Å². The van der Waals surface area contributed by atoms with Gasteiger partial charge in [-0.2, -0.15) is 8.78 Å². The lowest BCUT2D eigenvalue weighted by Gasteiger charge is -2.21. The van der Waals surface area contributed by atoms with Crippen LogP contribution >= 0.6 is 0 Å². The molecule has 0 fully saturated rings. The van der Waals surface area contributed by atoms with Gasteiger partial charge in [-0.25, -0.2) is 8.78 Å². The standard InChI is InChI=1S/C11H12F4O2/c12-8-5-7(3-1-2-4-9(16)17)6-11(14,15)10(8)13/h5-6,10H,1-4H2,(H,16,17). The third-order valence-electron chi connectivity index (χ3n) is 2.39. The molecule has 0 spiro atoms. The molecular weight excluding hydrogens is 240 g/mol. The minimum atomic E-state index is -3.82. The zero-order valence-corrected chi connectivity index (χ0v) is 8.93. The Labute approximate surface area is 95.6 Å². The number of rotatable bonds is 5. The highest BCUT2D eigenvalue weighted by Crippen LogP contribution is 2.36. The third kappa shape index (κ3) is 3.87. The van der Waals surface area contributed by atoms with Crippen LogP contribution in [0.15, 0.2) is 23.6 Å². The second-order valence-electron chi connectivity index (χ2n) is 3.89. The fraction of sp³-hybridized carbons (Fsp3) is 0.545. The van der Waals surface area contributed by atoms with Crippen LogP contribution in [0.1, 0.15) is 25.7 Å². The number of hydrogen-bond donors (Lipinski definition) is 1. The van der Waals surface area contributed by atoms with Crippen molar-refractivity contribution in [3.8, 4) is 0 Å². The second kappa shape index (κ2) is 5.33. The minimum Gasteiger partial charge on any atom is -0.481 e. The quantitative estimate of drug-likeness (QED) is 0.601. The number of halogens is 4. The summed E-state index contributed by atoms with van der Waals surface area (Å²) in [7, 11) is 0. The van der Waals surface area contributed by atoms with E-state index in [1.54, 1.807) is 0 Å². The summed E-state index contributed by atoms with van der Waals surface area (Å²) in [5.41, 5.74) is 0.00629. The first kappa shape index (κ1) is 13.7. The van der Waals surface area contributed by atoms with Crippen LogP contribution in [0, 0.1) is 0 Å². The zero-order valence-electron chi connectivity index (χ0n) is 8.93. The molecule has 0 aliphatic heterocycles. The second-order valence-corrected chi connectivity index (χ2v) is 3.89. The maximum atomic E-state index is 12.9. The molecule has 17 heavy (non-hydrogen) atoms. The van der Waals surface area contributed by atoms with Crippen LogP contribution in [-0.4, -0.2) is 23.2 Å². The average molecular weight is 252 g/mol. The van der Waals surface area contributed by atoms with Crippen LogP contribution in [0.2, 0.25) is 0 Å². The number of carboxylic acids is 1. The van der Waals surface area contributed by atoms with Crippen molar-refractivity contribution in [1.82, 2.24) is 0 Å². The molecule has 0 aromatic heterocycles. The predicted molar refractivity (Wildman–Crippen MR) is 53.2 cm³/mol. The van der Waals surface area contributed by atoms with Gasteiger partial charge in [-0.15, -0.1) is 0 Å². The van der Waals surface area contributed by atoms with Crippen LogP contribution < -0.4 is 0 Å². The van der Waals surface area contributed by atoms with Crippen molar-refractivity contribution in [2.75, 3.05) is 0 Å². The van der Waals surface area contributed by atoms with Crippen molar-refractivity contribution in [2.45, 2.75) is 37.8 Å². The number of carboxylic acid groups (broad SMARTS) is 1. The molecule has 2 nitrogen and oxygen atoms in total. The number of aliphatic carboxylic acids is 1. The van der Waals surface area contributed by atoms with Gasteiger partial charge in [-0.05, 0) is 37.0 Å². The first-order chi connectivity index (χ1) is 7.83. The summed E-state index contributed by atoms with van der Waals surface area (Å²) in [6.45, 7) is 0. The number of alkyl halides is 3. The molecular formula is C11H12F4O2. The molecule has 0 bridgehead atoms. The van der Waals surface area contributed by atoms with Crippen LogP contribution in [-0.2, 0) is 4.79 Å². The van der Waals surface area contributed by atoms with Crippen molar-refractivity contribution in [3.05, 3.63) is 23.6 Å². The Bertz CT molecular complexity index is 360. The topological polar surface area (TPSA) is 37.3 Å². The normalized spacial score (nSPS) is 22.9. The van der Waals surface area contributed by atoms with E-state index in [2.05, 4.69) is 0 Å². The Morgan fingerprint density at radius 3 is 2.59 bits per heavy atom.